The summed E-state index contributed by atoms with van der Waals surface area (Å²) in [6.07, 6.45) is 23.9. The molecule has 0 heterocycles. The molecule has 2 aliphatic rings. The van der Waals surface area contributed by atoms with E-state index in [1.807, 2.05) is 0 Å². The van der Waals surface area contributed by atoms with Gasteiger partial charge in [-0.05, 0) is 105 Å². The van der Waals surface area contributed by atoms with E-state index in [-0.39, 0.29) is 0 Å². The summed E-state index contributed by atoms with van der Waals surface area (Å²) < 4.78 is 6.08. The van der Waals surface area contributed by atoms with E-state index in [1.54, 1.807) is 11.1 Å². The van der Waals surface area contributed by atoms with E-state index in [2.05, 4.69) is 39.0 Å². The summed E-state index contributed by atoms with van der Waals surface area (Å²) in [6, 6.07) is 7.20. The molecule has 0 aliphatic heterocycles. The highest BCUT2D eigenvalue weighted by molar-refractivity contribution is 5.40. The van der Waals surface area contributed by atoms with Crippen LogP contribution in [-0.2, 0) is 0 Å². The van der Waals surface area contributed by atoms with Crippen LogP contribution in [0.5, 0.6) is 5.75 Å². The molecule has 32 heavy (non-hydrogen) atoms. The Bertz CT molecular complexity index is 619. The van der Waals surface area contributed by atoms with Crippen molar-refractivity contribution in [2.45, 2.75) is 142 Å². The lowest BCUT2D eigenvalue weighted by molar-refractivity contribution is 0.289. The van der Waals surface area contributed by atoms with Gasteiger partial charge >= 0.3 is 0 Å². The van der Waals surface area contributed by atoms with E-state index in [1.165, 1.54) is 103 Å². The summed E-state index contributed by atoms with van der Waals surface area (Å²) in [5.74, 6) is 4.64. The fourth-order valence-corrected chi connectivity index (χ4v) is 6.46. The number of benzene rings is 1. The first-order valence-electron chi connectivity index (χ1n) is 14.5. The van der Waals surface area contributed by atoms with E-state index in [9.17, 15) is 0 Å². The Labute approximate surface area is 200 Å². The molecule has 2 aliphatic carbocycles. The fourth-order valence-electron chi connectivity index (χ4n) is 6.46. The van der Waals surface area contributed by atoms with Gasteiger partial charge in [0, 0.05) is 0 Å². The Morgan fingerprint density at radius 2 is 1.22 bits per heavy atom. The third-order valence-corrected chi connectivity index (χ3v) is 8.54. The minimum Gasteiger partial charge on any atom is -0.494 e. The molecule has 0 atom stereocenters. The van der Waals surface area contributed by atoms with Gasteiger partial charge in [-0.1, -0.05) is 78.2 Å². The summed E-state index contributed by atoms with van der Waals surface area (Å²) in [7, 11) is 0. The second-order valence-electron chi connectivity index (χ2n) is 11.1. The second kappa shape index (κ2) is 14.3. The van der Waals surface area contributed by atoms with E-state index < -0.39 is 0 Å². The average Bonchev–Trinajstić information content (AvgIpc) is 2.85. The third kappa shape index (κ3) is 7.81. The fraction of sp³-hybridized carbons (Fsp3) is 0.806. The Balaban J connectivity index is 1.62. The standard InChI is InChI=1S/C31H52O/c1-4-7-9-10-12-26-13-17-27(18-14-26)30-22-21-29(32-23-6-3)24-31(30)28-19-15-25(16-20-28)11-8-5-2/h21-22,24-28H,4-20,23H2,1-3H3. The molecule has 0 radical (unpaired) electrons. The summed E-state index contributed by atoms with van der Waals surface area (Å²) in [5, 5.41) is 0. The number of ether oxygens (including phenoxy) is 1. The molecule has 0 spiro atoms. The molecule has 0 amide bonds. The zero-order chi connectivity index (χ0) is 22.6. The Kier molecular flexibility index (Phi) is 11.5. The van der Waals surface area contributed by atoms with Crippen molar-refractivity contribution in [3.05, 3.63) is 29.3 Å². The second-order valence-corrected chi connectivity index (χ2v) is 11.1. The van der Waals surface area contributed by atoms with Crippen molar-refractivity contribution < 1.29 is 4.74 Å². The highest BCUT2D eigenvalue weighted by atomic mass is 16.5. The van der Waals surface area contributed by atoms with Crippen LogP contribution in [0, 0.1) is 11.8 Å². The molecule has 2 saturated carbocycles. The van der Waals surface area contributed by atoms with E-state index in [0.29, 0.717) is 0 Å². The van der Waals surface area contributed by atoms with Crippen molar-refractivity contribution in [2.75, 3.05) is 6.61 Å². The van der Waals surface area contributed by atoms with Gasteiger partial charge < -0.3 is 4.74 Å². The highest BCUT2D eigenvalue weighted by Crippen LogP contribution is 2.45. The molecule has 3 rings (SSSR count). The molecule has 1 nitrogen and oxygen atoms in total. The molecule has 0 bridgehead atoms. The van der Waals surface area contributed by atoms with Gasteiger partial charge in [0.05, 0.1) is 6.61 Å². The zero-order valence-electron chi connectivity index (χ0n) is 21.7. The van der Waals surface area contributed by atoms with E-state index in [0.717, 1.165) is 42.4 Å². The predicted octanol–water partition coefficient (Wildman–Crippen LogP) is 10.2. The Morgan fingerprint density at radius 1 is 0.625 bits per heavy atom. The number of hydrogen-bond donors (Lipinski definition) is 0. The van der Waals surface area contributed by atoms with Crippen LogP contribution in [0.4, 0.5) is 0 Å². The molecule has 0 unspecified atom stereocenters. The molecular formula is C31H52O. The van der Waals surface area contributed by atoms with Crippen LogP contribution in [0.15, 0.2) is 18.2 Å². The Hall–Kier alpha value is -0.980. The lowest BCUT2D eigenvalue weighted by Gasteiger charge is -2.34. The molecular weight excluding hydrogens is 388 g/mol. The summed E-state index contributed by atoms with van der Waals surface area (Å²) >= 11 is 0. The van der Waals surface area contributed by atoms with Crippen LogP contribution in [0.1, 0.15) is 153 Å². The van der Waals surface area contributed by atoms with Crippen LogP contribution < -0.4 is 4.74 Å². The topological polar surface area (TPSA) is 9.23 Å². The molecule has 1 aromatic carbocycles. The van der Waals surface area contributed by atoms with Crippen LogP contribution in [0.3, 0.4) is 0 Å². The van der Waals surface area contributed by atoms with Crippen LogP contribution >= 0.6 is 0 Å². The van der Waals surface area contributed by atoms with Gasteiger partial charge in [0.1, 0.15) is 5.75 Å². The van der Waals surface area contributed by atoms with Crippen LogP contribution in [-0.4, -0.2) is 6.61 Å². The summed E-state index contributed by atoms with van der Waals surface area (Å²) in [5.41, 5.74) is 3.36. The lowest BCUT2D eigenvalue weighted by atomic mass is 9.71. The predicted molar refractivity (Wildman–Crippen MR) is 140 cm³/mol. The van der Waals surface area contributed by atoms with Gasteiger partial charge in [-0.25, -0.2) is 0 Å². The van der Waals surface area contributed by atoms with Crippen molar-refractivity contribution in [2.24, 2.45) is 11.8 Å². The normalized spacial score (nSPS) is 26.2. The van der Waals surface area contributed by atoms with Gasteiger partial charge in [0.2, 0.25) is 0 Å². The summed E-state index contributed by atoms with van der Waals surface area (Å²) in [4.78, 5) is 0. The van der Waals surface area contributed by atoms with Crippen LogP contribution in [0.2, 0.25) is 0 Å². The molecule has 0 N–H and O–H groups in total. The van der Waals surface area contributed by atoms with Crippen molar-refractivity contribution in [1.82, 2.24) is 0 Å². The van der Waals surface area contributed by atoms with Gasteiger partial charge in [-0.3, -0.25) is 0 Å². The largest absolute Gasteiger partial charge is 0.494 e. The first kappa shape index (κ1) is 25.6. The minimum absolute atomic E-state index is 0.764. The molecule has 1 heteroatoms. The molecule has 182 valence electrons. The maximum atomic E-state index is 6.08. The van der Waals surface area contributed by atoms with Gasteiger partial charge in [-0.2, -0.15) is 0 Å². The molecule has 2 fully saturated rings. The average molecular weight is 441 g/mol. The smallest absolute Gasteiger partial charge is 0.119 e. The van der Waals surface area contributed by atoms with E-state index >= 15 is 0 Å². The maximum absolute atomic E-state index is 6.08. The maximum Gasteiger partial charge on any atom is 0.119 e. The van der Waals surface area contributed by atoms with Crippen molar-refractivity contribution in [3.63, 3.8) is 0 Å². The van der Waals surface area contributed by atoms with Gasteiger partial charge in [0.25, 0.3) is 0 Å². The minimum atomic E-state index is 0.764. The van der Waals surface area contributed by atoms with Crippen molar-refractivity contribution in [3.8, 4) is 5.75 Å². The van der Waals surface area contributed by atoms with Gasteiger partial charge in [-0.15, -0.1) is 0 Å². The van der Waals surface area contributed by atoms with E-state index in [4.69, 9.17) is 4.74 Å². The molecule has 1 aromatic rings. The molecule has 0 aromatic heterocycles. The first-order valence-corrected chi connectivity index (χ1v) is 14.5. The Morgan fingerprint density at radius 3 is 1.81 bits per heavy atom. The SMILES string of the molecule is CCCCCCC1CCC(c2ccc(OCCC)cc2C2CCC(CCCC)CC2)CC1. The number of rotatable bonds is 13. The van der Waals surface area contributed by atoms with Crippen molar-refractivity contribution >= 4 is 0 Å². The lowest BCUT2D eigenvalue weighted by Crippen LogP contribution is -2.18. The van der Waals surface area contributed by atoms with Crippen molar-refractivity contribution in [1.29, 1.82) is 0 Å². The zero-order valence-corrected chi connectivity index (χ0v) is 21.7. The monoisotopic (exact) mass is 440 g/mol. The highest BCUT2D eigenvalue weighted by Gasteiger charge is 2.29. The third-order valence-electron chi connectivity index (χ3n) is 8.54. The summed E-state index contributed by atoms with van der Waals surface area (Å²) in [6.45, 7) is 7.69. The van der Waals surface area contributed by atoms with Gasteiger partial charge in [0.15, 0.2) is 0 Å². The number of hydrogen-bond acceptors (Lipinski definition) is 1. The number of unbranched alkanes of at least 4 members (excludes halogenated alkanes) is 4. The molecule has 0 saturated heterocycles. The first-order chi connectivity index (χ1) is 15.7. The van der Waals surface area contributed by atoms with Crippen LogP contribution in [0.25, 0.3) is 0 Å². The quantitative estimate of drug-likeness (QED) is 0.277.